The summed E-state index contributed by atoms with van der Waals surface area (Å²) in [6.07, 6.45) is 2.36. The van der Waals surface area contributed by atoms with Gasteiger partial charge < -0.3 is 14.2 Å². The lowest BCUT2D eigenvalue weighted by Gasteiger charge is -2.12. The van der Waals surface area contributed by atoms with Crippen LogP contribution in [0.1, 0.15) is 23.1 Å². The van der Waals surface area contributed by atoms with Crippen molar-refractivity contribution in [2.45, 2.75) is 20.3 Å². The highest BCUT2D eigenvalue weighted by Crippen LogP contribution is 2.28. The van der Waals surface area contributed by atoms with Crippen LogP contribution in [-0.2, 0) is 0 Å². The number of nitrogens with one attached hydrogen (secondary N) is 1. The molecule has 0 fully saturated rings. The third-order valence-electron chi connectivity index (χ3n) is 4.68. The first kappa shape index (κ1) is 23.6. The molecule has 0 heterocycles. The molecule has 0 aromatic heterocycles. The minimum absolute atomic E-state index is 0.0293. The van der Waals surface area contributed by atoms with Crippen LogP contribution in [0.15, 0.2) is 65.8 Å². The van der Waals surface area contributed by atoms with Gasteiger partial charge in [0, 0.05) is 18.6 Å². The SMILES string of the molecule is COc1cc(C=NNc2ccc([N+](=O)[O-])cc2)ccc1OCCCOc1cc(C)cc(C)c1. The molecule has 0 saturated carbocycles. The van der Waals surface area contributed by atoms with Gasteiger partial charge in [-0.2, -0.15) is 5.10 Å². The molecule has 0 unspecified atom stereocenters. The number of rotatable bonds is 11. The number of hydrogen-bond acceptors (Lipinski definition) is 7. The third-order valence-corrected chi connectivity index (χ3v) is 4.68. The van der Waals surface area contributed by atoms with E-state index in [9.17, 15) is 10.1 Å². The lowest BCUT2D eigenvalue weighted by Crippen LogP contribution is -2.06. The molecular weight excluding hydrogens is 422 g/mol. The molecule has 0 bridgehead atoms. The van der Waals surface area contributed by atoms with Crippen LogP contribution in [-0.4, -0.2) is 31.5 Å². The Kier molecular flexibility index (Phi) is 8.24. The number of non-ortho nitro benzene ring substituents is 1. The van der Waals surface area contributed by atoms with Crippen molar-refractivity contribution in [1.82, 2.24) is 0 Å². The molecule has 8 heteroatoms. The molecule has 3 aromatic carbocycles. The normalized spacial score (nSPS) is 10.8. The third kappa shape index (κ3) is 7.24. The van der Waals surface area contributed by atoms with Crippen molar-refractivity contribution in [1.29, 1.82) is 0 Å². The number of hydrazone groups is 1. The van der Waals surface area contributed by atoms with Gasteiger partial charge in [-0.3, -0.25) is 15.5 Å². The highest BCUT2D eigenvalue weighted by Gasteiger charge is 2.06. The van der Waals surface area contributed by atoms with Crippen molar-refractivity contribution in [2.75, 3.05) is 25.7 Å². The van der Waals surface area contributed by atoms with Gasteiger partial charge in [0.25, 0.3) is 5.69 Å². The molecule has 0 aliphatic carbocycles. The standard InChI is InChI=1S/C25H27N3O5/c1-18-13-19(2)15-23(14-18)32-11-4-12-33-24-10-5-20(16-25(24)31-3)17-26-27-21-6-8-22(9-7-21)28(29)30/h5-10,13-17,27H,4,11-12H2,1-3H3. The van der Waals surface area contributed by atoms with Gasteiger partial charge in [-0.25, -0.2) is 0 Å². The van der Waals surface area contributed by atoms with Crippen LogP contribution in [0.4, 0.5) is 11.4 Å². The zero-order valence-electron chi connectivity index (χ0n) is 18.9. The molecule has 33 heavy (non-hydrogen) atoms. The summed E-state index contributed by atoms with van der Waals surface area (Å²) in [5.74, 6) is 2.12. The second-order valence-electron chi connectivity index (χ2n) is 7.46. The number of hydrogen-bond donors (Lipinski definition) is 1. The van der Waals surface area contributed by atoms with Gasteiger partial charge in [0.15, 0.2) is 11.5 Å². The number of benzene rings is 3. The topological polar surface area (TPSA) is 95.2 Å². The average Bonchev–Trinajstić information content (AvgIpc) is 2.79. The van der Waals surface area contributed by atoms with E-state index in [0.717, 1.165) is 17.7 Å². The van der Waals surface area contributed by atoms with Crippen LogP contribution < -0.4 is 19.6 Å². The number of nitro benzene ring substituents is 1. The Labute approximate surface area is 193 Å². The van der Waals surface area contributed by atoms with Gasteiger partial charge in [-0.15, -0.1) is 0 Å². The number of anilines is 1. The number of nitrogens with zero attached hydrogens (tertiary/aromatic N) is 2. The van der Waals surface area contributed by atoms with Crippen LogP contribution in [0.2, 0.25) is 0 Å². The van der Waals surface area contributed by atoms with Crippen molar-refractivity contribution in [3.8, 4) is 17.2 Å². The molecule has 0 amide bonds. The highest BCUT2D eigenvalue weighted by atomic mass is 16.6. The zero-order valence-corrected chi connectivity index (χ0v) is 18.9. The first-order valence-electron chi connectivity index (χ1n) is 10.5. The summed E-state index contributed by atoms with van der Waals surface area (Å²) >= 11 is 0. The van der Waals surface area contributed by atoms with Crippen molar-refractivity contribution < 1.29 is 19.1 Å². The lowest BCUT2D eigenvalue weighted by molar-refractivity contribution is -0.384. The van der Waals surface area contributed by atoms with Crippen molar-refractivity contribution >= 4 is 17.6 Å². The number of methoxy groups -OCH3 is 1. The van der Waals surface area contributed by atoms with Gasteiger partial charge in [0.05, 0.1) is 37.1 Å². The fourth-order valence-electron chi connectivity index (χ4n) is 3.17. The average molecular weight is 450 g/mol. The molecular formula is C25H27N3O5. The van der Waals surface area contributed by atoms with E-state index in [1.54, 1.807) is 25.5 Å². The first-order valence-corrected chi connectivity index (χ1v) is 10.5. The van der Waals surface area contributed by atoms with Crippen LogP contribution in [0.5, 0.6) is 17.2 Å². The monoisotopic (exact) mass is 449 g/mol. The second kappa shape index (κ2) is 11.5. The maximum atomic E-state index is 10.7. The van der Waals surface area contributed by atoms with Gasteiger partial charge in [-0.05, 0) is 73.0 Å². The van der Waals surface area contributed by atoms with Gasteiger partial charge in [0.2, 0.25) is 0 Å². The predicted octanol–water partition coefficient (Wildman–Crippen LogP) is 5.51. The Hall–Kier alpha value is -4.07. The number of ether oxygens (including phenoxy) is 3. The van der Waals surface area contributed by atoms with E-state index in [-0.39, 0.29) is 5.69 Å². The maximum absolute atomic E-state index is 10.7. The number of nitro groups is 1. The summed E-state index contributed by atoms with van der Waals surface area (Å²) in [5, 5.41) is 14.9. The largest absolute Gasteiger partial charge is 0.493 e. The predicted molar refractivity (Wildman–Crippen MR) is 129 cm³/mol. The van der Waals surface area contributed by atoms with E-state index in [1.807, 2.05) is 30.3 Å². The van der Waals surface area contributed by atoms with Crippen molar-refractivity contribution in [3.63, 3.8) is 0 Å². The molecule has 3 rings (SSSR count). The molecule has 3 aromatic rings. The summed E-state index contributed by atoms with van der Waals surface area (Å²) in [4.78, 5) is 10.3. The Morgan fingerprint density at radius 3 is 2.30 bits per heavy atom. The molecule has 0 aliphatic rings. The fourth-order valence-corrected chi connectivity index (χ4v) is 3.17. The quantitative estimate of drug-likeness (QED) is 0.179. The molecule has 0 saturated heterocycles. The Bertz CT molecular complexity index is 1090. The zero-order chi connectivity index (χ0) is 23.6. The van der Waals surface area contributed by atoms with Crippen LogP contribution in [0, 0.1) is 24.0 Å². The van der Waals surface area contributed by atoms with Crippen LogP contribution in [0.3, 0.4) is 0 Å². The smallest absolute Gasteiger partial charge is 0.269 e. The van der Waals surface area contributed by atoms with E-state index in [4.69, 9.17) is 14.2 Å². The van der Waals surface area contributed by atoms with E-state index in [0.29, 0.717) is 30.4 Å². The molecule has 8 nitrogen and oxygen atoms in total. The van der Waals surface area contributed by atoms with Gasteiger partial charge in [0.1, 0.15) is 5.75 Å². The summed E-state index contributed by atoms with van der Waals surface area (Å²) in [6, 6.07) is 17.7. The molecule has 0 aliphatic heterocycles. The van der Waals surface area contributed by atoms with E-state index in [1.165, 1.54) is 23.3 Å². The summed E-state index contributed by atoms with van der Waals surface area (Å²) in [5.41, 5.74) is 6.68. The van der Waals surface area contributed by atoms with Crippen molar-refractivity contribution in [2.24, 2.45) is 5.10 Å². The first-order chi connectivity index (χ1) is 15.9. The van der Waals surface area contributed by atoms with E-state index < -0.39 is 4.92 Å². The molecule has 0 radical (unpaired) electrons. The van der Waals surface area contributed by atoms with Gasteiger partial charge >= 0.3 is 0 Å². The molecule has 172 valence electrons. The lowest BCUT2D eigenvalue weighted by atomic mass is 10.1. The number of aryl methyl sites for hydroxylation is 2. The van der Waals surface area contributed by atoms with Crippen LogP contribution >= 0.6 is 0 Å². The molecule has 0 spiro atoms. The highest BCUT2D eigenvalue weighted by molar-refractivity contribution is 5.81. The van der Waals surface area contributed by atoms with Crippen molar-refractivity contribution in [3.05, 3.63) is 87.5 Å². The Balaban J connectivity index is 1.48. The van der Waals surface area contributed by atoms with E-state index >= 15 is 0 Å². The van der Waals surface area contributed by atoms with E-state index in [2.05, 4.69) is 30.4 Å². The Morgan fingerprint density at radius 2 is 1.64 bits per heavy atom. The summed E-state index contributed by atoms with van der Waals surface area (Å²) in [6.45, 7) is 5.16. The summed E-state index contributed by atoms with van der Waals surface area (Å²) < 4.78 is 17.1. The minimum atomic E-state index is -0.444. The summed E-state index contributed by atoms with van der Waals surface area (Å²) in [7, 11) is 1.58. The minimum Gasteiger partial charge on any atom is -0.493 e. The van der Waals surface area contributed by atoms with Gasteiger partial charge in [-0.1, -0.05) is 6.07 Å². The molecule has 1 N–H and O–H groups in total. The maximum Gasteiger partial charge on any atom is 0.269 e. The molecule has 0 atom stereocenters. The second-order valence-corrected chi connectivity index (χ2v) is 7.46. The Morgan fingerprint density at radius 1 is 0.939 bits per heavy atom. The van der Waals surface area contributed by atoms with Crippen LogP contribution in [0.25, 0.3) is 0 Å². The fraction of sp³-hybridized carbons (Fsp3) is 0.240.